The van der Waals surface area contributed by atoms with E-state index >= 15 is 0 Å². The van der Waals surface area contributed by atoms with Crippen molar-refractivity contribution in [1.82, 2.24) is 16.0 Å². The van der Waals surface area contributed by atoms with Crippen molar-refractivity contribution in [3.8, 4) is 16.9 Å². The van der Waals surface area contributed by atoms with Crippen LogP contribution < -0.4 is 16.0 Å². The van der Waals surface area contributed by atoms with Crippen molar-refractivity contribution < 1.29 is 19.1 Å². The molecule has 0 fully saturated rings. The van der Waals surface area contributed by atoms with Gasteiger partial charge in [0.25, 0.3) is 5.91 Å². The highest BCUT2D eigenvalue weighted by atomic mass is 35.5. The molecule has 0 aliphatic carbocycles. The first-order valence-corrected chi connectivity index (χ1v) is 9.42. The highest BCUT2D eigenvalue weighted by molar-refractivity contribution is 5.95. The summed E-state index contributed by atoms with van der Waals surface area (Å²) in [7, 11) is 0. The third-order valence-electron chi connectivity index (χ3n) is 4.66. The lowest BCUT2D eigenvalue weighted by Crippen LogP contribution is -2.32. The number of halogens is 2. The van der Waals surface area contributed by atoms with E-state index in [0.29, 0.717) is 56.6 Å². The van der Waals surface area contributed by atoms with Crippen molar-refractivity contribution in [3.63, 3.8) is 0 Å². The Hall–Kier alpha value is -2.64. The quantitative estimate of drug-likeness (QED) is 0.525. The molecule has 2 aromatic carbocycles. The van der Waals surface area contributed by atoms with Crippen molar-refractivity contribution in [2.45, 2.75) is 19.3 Å². The number of carbonyl (C=O) groups is 2. The molecule has 3 rings (SSSR count). The Morgan fingerprint density at radius 1 is 0.862 bits per heavy atom. The van der Waals surface area contributed by atoms with Crippen molar-refractivity contribution in [3.05, 3.63) is 53.3 Å². The summed E-state index contributed by atoms with van der Waals surface area (Å²) in [6, 6.07) is 9.03. The predicted molar refractivity (Wildman–Crippen MR) is 112 cm³/mol. The van der Waals surface area contributed by atoms with Crippen LogP contribution in [0, 0.1) is 5.82 Å². The van der Waals surface area contributed by atoms with Gasteiger partial charge in [0.05, 0.1) is 0 Å². The monoisotopic (exact) mass is 421 g/mol. The molecule has 156 valence electrons. The zero-order valence-corrected chi connectivity index (χ0v) is 16.8. The number of aromatic hydroxyl groups is 1. The summed E-state index contributed by atoms with van der Waals surface area (Å²) in [5.41, 5.74) is 1.66. The van der Waals surface area contributed by atoms with Crippen LogP contribution in [0.1, 0.15) is 28.8 Å². The number of hydrogen-bond donors (Lipinski definition) is 4. The Morgan fingerprint density at radius 3 is 2.52 bits per heavy atom. The van der Waals surface area contributed by atoms with Crippen LogP contribution in [0.25, 0.3) is 11.1 Å². The second kappa shape index (κ2) is 10.8. The van der Waals surface area contributed by atoms with Gasteiger partial charge in [0.15, 0.2) is 0 Å². The van der Waals surface area contributed by atoms with E-state index in [0.717, 1.165) is 5.56 Å². The molecule has 0 radical (unpaired) electrons. The van der Waals surface area contributed by atoms with Crippen molar-refractivity contribution in [1.29, 1.82) is 0 Å². The summed E-state index contributed by atoms with van der Waals surface area (Å²) in [6.07, 6.45) is 1.69. The Labute approximate surface area is 175 Å². The van der Waals surface area contributed by atoms with Gasteiger partial charge in [-0.2, -0.15) is 0 Å². The number of amides is 2. The van der Waals surface area contributed by atoms with Crippen LogP contribution in [0.4, 0.5) is 4.39 Å². The second-order valence-corrected chi connectivity index (χ2v) is 6.76. The van der Waals surface area contributed by atoms with E-state index in [-0.39, 0.29) is 35.5 Å². The van der Waals surface area contributed by atoms with Gasteiger partial charge in [-0.25, -0.2) is 4.39 Å². The Morgan fingerprint density at radius 2 is 1.69 bits per heavy atom. The van der Waals surface area contributed by atoms with Crippen molar-refractivity contribution >= 4 is 24.2 Å². The van der Waals surface area contributed by atoms with Gasteiger partial charge in [0.2, 0.25) is 5.91 Å². The minimum atomic E-state index is -0.520. The number of nitrogens with one attached hydrogen (secondary N) is 3. The minimum absolute atomic E-state index is 0. The van der Waals surface area contributed by atoms with Crippen LogP contribution in [0.2, 0.25) is 0 Å². The predicted octanol–water partition coefficient (Wildman–Crippen LogP) is 2.39. The number of carbonyl (C=O) groups excluding carboxylic acids is 2. The molecule has 0 saturated heterocycles. The van der Waals surface area contributed by atoms with Gasteiger partial charge in [-0.05, 0) is 55.3 Å². The summed E-state index contributed by atoms with van der Waals surface area (Å²) < 4.78 is 14.4. The standard InChI is InChI=1S/C21H24FN3O3.ClH/c22-18-5-4-15-13-16(18)17-12-14(3-6-19(17)26)7-9-24-20(27)2-1-8-23-10-11-25-21(15)28;/h3-6,12-13,23,26H,1-2,7-11H2,(H,24,27)(H,25,28);1H. The first-order valence-electron chi connectivity index (χ1n) is 9.42. The maximum absolute atomic E-state index is 14.4. The molecule has 1 aliphatic heterocycles. The van der Waals surface area contributed by atoms with Crippen LogP contribution in [-0.2, 0) is 11.2 Å². The van der Waals surface area contributed by atoms with E-state index in [4.69, 9.17) is 0 Å². The van der Waals surface area contributed by atoms with Crippen LogP contribution in [0.3, 0.4) is 0 Å². The molecule has 0 spiro atoms. The van der Waals surface area contributed by atoms with E-state index in [9.17, 15) is 19.1 Å². The van der Waals surface area contributed by atoms with Gasteiger partial charge in [-0.3, -0.25) is 9.59 Å². The van der Waals surface area contributed by atoms with Gasteiger partial charge in [0.1, 0.15) is 11.6 Å². The van der Waals surface area contributed by atoms with E-state index in [2.05, 4.69) is 16.0 Å². The highest BCUT2D eigenvalue weighted by Gasteiger charge is 2.15. The van der Waals surface area contributed by atoms with Crippen LogP contribution in [-0.4, -0.2) is 43.1 Å². The molecule has 6 nitrogen and oxygen atoms in total. The summed E-state index contributed by atoms with van der Waals surface area (Å²) in [6.45, 7) is 2.13. The normalized spacial score (nSPS) is 15.9. The van der Waals surface area contributed by atoms with Crippen LogP contribution in [0.5, 0.6) is 5.75 Å². The fourth-order valence-electron chi connectivity index (χ4n) is 3.13. The van der Waals surface area contributed by atoms with Crippen LogP contribution in [0.15, 0.2) is 36.4 Å². The lowest BCUT2D eigenvalue weighted by Gasteiger charge is -2.12. The lowest BCUT2D eigenvalue weighted by atomic mass is 9.98. The molecule has 4 bridgehead atoms. The number of phenolic OH excluding ortho intramolecular Hbond substituents is 1. The van der Waals surface area contributed by atoms with Crippen LogP contribution >= 0.6 is 12.4 Å². The molecule has 2 aromatic rings. The summed E-state index contributed by atoms with van der Waals surface area (Å²) >= 11 is 0. The zero-order valence-electron chi connectivity index (χ0n) is 16.0. The average molecular weight is 422 g/mol. The van der Waals surface area contributed by atoms with Gasteiger partial charge in [0, 0.05) is 42.7 Å². The molecule has 0 unspecified atom stereocenters. The first kappa shape index (κ1) is 22.6. The van der Waals surface area contributed by atoms with E-state index in [1.165, 1.54) is 24.3 Å². The molecular weight excluding hydrogens is 397 g/mol. The number of phenols is 1. The Kier molecular flexibility index (Phi) is 8.42. The van der Waals surface area contributed by atoms with Crippen molar-refractivity contribution in [2.75, 3.05) is 26.2 Å². The van der Waals surface area contributed by atoms with E-state index in [1.54, 1.807) is 12.1 Å². The smallest absolute Gasteiger partial charge is 0.251 e. The second-order valence-electron chi connectivity index (χ2n) is 6.76. The average Bonchev–Trinajstić information content (AvgIpc) is 2.68. The third kappa shape index (κ3) is 6.17. The Balaban J connectivity index is 0.00000300. The third-order valence-corrected chi connectivity index (χ3v) is 4.66. The van der Waals surface area contributed by atoms with Gasteiger partial charge in [-0.15, -0.1) is 12.4 Å². The topological polar surface area (TPSA) is 90.5 Å². The maximum Gasteiger partial charge on any atom is 0.251 e. The largest absolute Gasteiger partial charge is 0.507 e. The minimum Gasteiger partial charge on any atom is -0.507 e. The SMILES string of the molecule is Cl.O=C1CCCNCCNC(=O)c2ccc(F)c(c2)-c2cc(ccc2O)CCN1. The molecular formula is C21H25ClFN3O3. The molecule has 0 saturated carbocycles. The van der Waals surface area contributed by atoms with E-state index in [1.807, 2.05) is 0 Å². The molecule has 1 aliphatic rings. The summed E-state index contributed by atoms with van der Waals surface area (Å²) in [5.74, 6) is -0.913. The molecule has 1 heterocycles. The summed E-state index contributed by atoms with van der Waals surface area (Å²) in [4.78, 5) is 24.2. The summed E-state index contributed by atoms with van der Waals surface area (Å²) in [5, 5.41) is 19.1. The zero-order chi connectivity index (χ0) is 19.9. The fraction of sp³-hybridized carbons (Fsp3) is 0.333. The first-order chi connectivity index (χ1) is 13.5. The number of benzene rings is 2. The van der Waals surface area contributed by atoms with E-state index < -0.39 is 5.82 Å². The number of rotatable bonds is 0. The number of hydrogen-bond acceptors (Lipinski definition) is 4. The molecule has 0 aromatic heterocycles. The number of fused-ring (bicyclic) bond motifs is 5. The van der Waals surface area contributed by atoms with Gasteiger partial charge in [-0.1, -0.05) is 6.07 Å². The molecule has 4 N–H and O–H groups in total. The molecule has 29 heavy (non-hydrogen) atoms. The Bertz CT molecular complexity index is 876. The molecule has 0 atom stereocenters. The lowest BCUT2D eigenvalue weighted by molar-refractivity contribution is -0.121. The highest BCUT2D eigenvalue weighted by Crippen LogP contribution is 2.32. The van der Waals surface area contributed by atoms with Crippen molar-refractivity contribution in [2.24, 2.45) is 0 Å². The maximum atomic E-state index is 14.4. The molecule has 2 amide bonds. The van der Waals surface area contributed by atoms with Gasteiger partial charge < -0.3 is 21.1 Å². The van der Waals surface area contributed by atoms with Gasteiger partial charge >= 0.3 is 0 Å². The molecule has 8 heteroatoms. The fourth-order valence-corrected chi connectivity index (χ4v) is 3.13.